The van der Waals surface area contributed by atoms with Crippen molar-refractivity contribution in [2.45, 2.75) is 264 Å². The van der Waals surface area contributed by atoms with Gasteiger partial charge in [0.15, 0.2) is 6.10 Å². The summed E-state index contributed by atoms with van der Waals surface area (Å²) in [6.45, 7) is 4.49. The highest BCUT2D eigenvalue weighted by molar-refractivity contribution is 7.47. The summed E-state index contributed by atoms with van der Waals surface area (Å²) in [5.41, 5.74) is 0. The van der Waals surface area contributed by atoms with Crippen LogP contribution in [0, 0.1) is 0 Å². The summed E-state index contributed by atoms with van der Waals surface area (Å²) < 4.78 is 39.4. The maximum atomic E-state index is 12.9. The Morgan fingerprint density at radius 3 is 1.16 bits per heavy atom. The second-order valence-electron chi connectivity index (χ2n) is 18.7. The van der Waals surface area contributed by atoms with E-state index in [2.05, 4.69) is 81.5 Å². The van der Waals surface area contributed by atoms with Crippen LogP contribution in [0.2, 0.25) is 0 Å². The quantitative estimate of drug-likeness (QED) is 0.0197. The molecule has 0 aromatic heterocycles. The second-order valence-corrected chi connectivity index (χ2v) is 20.2. The SMILES string of the molecule is CC/C=C\C/C=C\C/C=C\C/C=C\CCCCCCCCC(=O)OCC(COP(=O)(O)OCC(CO)OC(=O)CCCCCCCCCCC)OC(=O)CCCCCCC/C=C\CCCCCCCC. The molecule has 0 aromatic rings. The minimum absolute atomic E-state index is 0.155. The van der Waals surface area contributed by atoms with E-state index >= 15 is 0 Å². The van der Waals surface area contributed by atoms with Crippen LogP contribution in [0.3, 0.4) is 0 Å². The zero-order chi connectivity index (χ0) is 51.3. The van der Waals surface area contributed by atoms with E-state index in [1.807, 2.05) is 0 Å². The van der Waals surface area contributed by atoms with Gasteiger partial charge < -0.3 is 24.2 Å². The highest BCUT2D eigenvalue weighted by Crippen LogP contribution is 2.43. The van der Waals surface area contributed by atoms with Crippen LogP contribution >= 0.6 is 7.82 Å². The van der Waals surface area contributed by atoms with E-state index in [9.17, 15) is 28.9 Å². The third kappa shape index (κ3) is 50.1. The van der Waals surface area contributed by atoms with Crippen LogP contribution in [0.5, 0.6) is 0 Å². The van der Waals surface area contributed by atoms with E-state index in [1.54, 1.807) is 0 Å². The Morgan fingerprint density at radius 2 is 0.743 bits per heavy atom. The van der Waals surface area contributed by atoms with Gasteiger partial charge in [0.1, 0.15) is 12.7 Å². The van der Waals surface area contributed by atoms with Crippen molar-refractivity contribution in [3.63, 3.8) is 0 Å². The smallest absolute Gasteiger partial charge is 0.462 e. The third-order valence-electron chi connectivity index (χ3n) is 11.9. The second kappa shape index (κ2) is 52.5. The summed E-state index contributed by atoms with van der Waals surface area (Å²) in [5.74, 6) is -1.49. The Labute approximate surface area is 427 Å². The molecule has 406 valence electrons. The molecule has 0 aromatic carbocycles. The van der Waals surface area contributed by atoms with Crippen LogP contribution in [-0.2, 0) is 42.2 Å². The van der Waals surface area contributed by atoms with Gasteiger partial charge in [-0.3, -0.25) is 23.4 Å². The zero-order valence-corrected chi connectivity index (χ0v) is 45.6. The molecule has 0 aliphatic rings. The molecule has 2 N–H and O–H groups in total. The first-order valence-corrected chi connectivity index (χ1v) is 29.7. The number of esters is 3. The summed E-state index contributed by atoms with van der Waals surface area (Å²) in [6, 6.07) is 0. The molecule has 0 saturated carbocycles. The summed E-state index contributed by atoms with van der Waals surface area (Å²) in [4.78, 5) is 48.4. The monoisotopic (exact) mass is 1010 g/mol. The maximum Gasteiger partial charge on any atom is 0.472 e. The largest absolute Gasteiger partial charge is 0.472 e. The van der Waals surface area contributed by atoms with Crippen LogP contribution in [0.1, 0.15) is 252 Å². The van der Waals surface area contributed by atoms with Gasteiger partial charge in [-0.05, 0) is 83.5 Å². The molecule has 0 heterocycles. The number of rotatable bonds is 52. The molecule has 0 fully saturated rings. The number of phosphoric acid groups is 1. The molecular formula is C58H103O11P. The highest BCUT2D eigenvalue weighted by Gasteiger charge is 2.28. The lowest BCUT2D eigenvalue weighted by Gasteiger charge is -2.21. The van der Waals surface area contributed by atoms with Crippen molar-refractivity contribution in [3.05, 3.63) is 60.8 Å². The Balaban J connectivity index is 4.74. The Morgan fingerprint density at radius 1 is 0.414 bits per heavy atom. The number of phosphoric ester groups is 1. The minimum Gasteiger partial charge on any atom is -0.462 e. The van der Waals surface area contributed by atoms with Crippen molar-refractivity contribution < 1.29 is 52.2 Å². The van der Waals surface area contributed by atoms with E-state index in [0.29, 0.717) is 19.3 Å². The number of carbonyl (C=O) groups excluding carboxylic acids is 3. The van der Waals surface area contributed by atoms with E-state index < -0.39 is 57.8 Å². The van der Waals surface area contributed by atoms with Gasteiger partial charge in [0.25, 0.3) is 0 Å². The maximum absolute atomic E-state index is 12.9. The fourth-order valence-electron chi connectivity index (χ4n) is 7.64. The highest BCUT2D eigenvalue weighted by atomic mass is 31.2. The lowest BCUT2D eigenvalue weighted by atomic mass is 10.1. The molecule has 0 rings (SSSR count). The Bertz CT molecular complexity index is 1410. The normalized spacial score (nSPS) is 13.8. The van der Waals surface area contributed by atoms with Gasteiger partial charge in [-0.2, -0.15) is 0 Å². The first-order valence-electron chi connectivity index (χ1n) is 28.2. The predicted octanol–water partition coefficient (Wildman–Crippen LogP) is 16.4. The van der Waals surface area contributed by atoms with Crippen LogP contribution in [-0.4, -0.2) is 66.5 Å². The van der Waals surface area contributed by atoms with E-state index in [0.717, 1.165) is 122 Å². The van der Waals surface area contributed by atoms with Crippen LogP contribution in [0.15, 0.2) is 60.8 Å². The molecule has 11 nitrogen and oxygen atoms in total. The van der Waals surface area contributed by atoms with Gasteiger partial charge >= 0.3 is 25.7 Å². The zero-order valence-electron chi connectivity index (χ0n) is 44.7. The number of unbranched alkanes of at least 4 members (excludes halogenated alkanes) is 25. The van der Waals surface area contributed by atoms with Crippen molar-refractivity contribution in [1.29, 1.82) is 0 Å². The molecule has 0 saturated heterocycles. The lowest BCUT2D eigenvalue weighted by Crippen LogP contribution is -2.30. The number of aliphatic hydroxyl groups is 1. The first kappa shape index (κ1) is 67.2. The van der Waals surface area contributed by atoms with E-state index in [-0.39, 0.29) is 25.9 Å². The third-order valence-corrected chi connectivity index (χ3v) is 12.9. The molecule has 12 heteroatoms. The van der Waals surface area contributed by atoms with Crippen LogP contribution in [0.4, 0.5) is 0 Å². The number of allylic oxidation sites excluding steroid dienone is 10. The summed E-state index contributed by atoms with van der Waals surface area (Å²) in [5, 5.41) is 9.76. The molecule has 0 amide bonds. The molecule has 3 atom stereocenters. The average Bonchev–Trinajstić information content (AvgIpc) is 3.35. The van der Waals surface area contributed by atoms with Crippen molar-refractivity contribution >= 4 is 25.7 Å². The Hall–Kier alpha value is -2.82. The van der Waals surface area contributed by atoms with Crippen molar-refractivity contribution in [2.75, 3.05) is 26.4 Å². The molecule has 0 aliphatic carbocycles. The molecule has 0 bridgehead atoms. The van der Waals surface area contributed by atoms with Gasteiger partial charge in [0.2, 0.25) is 0 Å². The molecule has 0 spiro atoms. The Kier molecular flexibility index (Phi) is 50.4. The number of carbonyl (C=O) groups is 3. The minimum atomic E-state index is -4.74. The van der Waals surface area contributed by atoms with Crippen molar-refractivity contribution in [1.82, 2.24) is 0 Å². The fourth-order valence-corrected chi connectivity index (χ4v) is 8.42. The predicted molar refractivity (Wildman–Crippen MR) is 288 cm³/mol. The topological polar surface area (TPSA) is 155 Å². The molecular weight excluding hydrogens is 904 g/mol. The van der Waals surface area contributed by atoms with E-state index in [1.165, 1.54) is 70.6 Å². The van der Waals surface area contributed by atoms with E-state index in [4.69, 9.17) is 23.3 Å². The van der Waals surface area contributed by atoms with Gasteiger partial charge in [0, 0.05) is 19.3 Å². The standard InChI is InChI=1S/C58H103O11P/c1-4-7-10-13-16-19-21-23-25-26-27-28-30-31-33-36-38-41-44-47-56(60)65-51-55(69-58(62)49-46-43-40-37-34-32-29-24-22-20-17-14-11-8-5-2)53-67-70(63,64)66-52-54(50-59)68-57(61)48-45-42-39-35-18-15-12-9-6-3/h7,10,16,19,23-25,27-29,54-55,59H,4-6,8-9,11-15,17-18,20-22,26,30-53H2,1-3H3,(H,63,64)/b10-7-,19-16-,25-23-,28-27-,29-24-. The molecule has 70 heavy (non-hydrogen) atoms. The van der Waals surface area contributed by atoms with Crippen LogP contribution < -0.4 is 0 Å². The molecule has 3 unspecified atom stereocenters. The summed E-state index contributed by atoms with van der Waals surface area (Å²) in [7, 11) is -4.74. The lowest BCUT2D eigenvalue weighted by molar-refractivity contribution is -0.161. The van der Waals surface area contributed by atoms with Crippen LogP contribution in [0.25, 0.3) is 0 Å². The number of ether oxygens (including phenoxy) is 3. The van der Waals surface area contributed by atoms with Gasteiger partial charge in [-0.15, -0.1) is 0 Å². The van der Waals surface area contributed by atoms with Gasteiger partial charge in [-0.1, -0.05) is 210 Å². The fraction of sp³-hybridized carbons (Fsp3) is 0.776. The molecule has 0 aliphatic heterocycles. The first-order chi connectivity index (χ1) is 34.2. The number of aliphatic hydroxyl groups excluding tert-OH is 1. The number of hydrogen-bond donors (Lipinski definition) is 2. The summed E-state index contributed by atoms with van der Waals surface area (Å²) >= 11 is 0. The van der Waals surface area contributed by atoms with Gasteiger partial charge in [0.05, 0.1) is 19.8 Å². The summed E-state index contributed by atoms with van der Waals surface area (Å²) in [6.07, 6.45) is 56.2. The average molecular weight is 1010 g/mol. The van der Waals surface area contributed by atoms with Crippen molar-refractivity contribution in [2.24, 2.45) is 0 Å². The number of hydrogen-bond acceptors (Lipinski definition) is 10. The molecule has 0 radical (unpaired) electrons. The van der Waals surface area contributed by atoms with Gasteiger partial charge in [-0.25, -0.2) is 4.57 Å². The van der Waals surface area contributed by atoms with Crippen molar-refractivity contribution in [3.8, 4) is 0 Å².